The monoisotopic (exact) mass is 421 g/mol. The maximum Gasteiger partial charge on any atom is 0.252 e. The number of phenols is 1. The normalized spacial score (nSPS) is 13.6. The van der Waals surface area contributed by atoms with Crippen molar-refractivity contribution in [2.75, 3.05) is 23.7 Å². The zero-order valence-corrected chi connectivity index (χ0v) is 17.3. The Kier molecular flexibility index (Phi) is 7.60. The van der Waals surface area contributed by atoms with Gasteiger partial charge in [-0.3, -0.25) is 9.10 Å². The number of anilines is 1. The molecule has 0 radical (unpaired) electrons. The molecule has 158 valence electrons. The molecule has 0 fully saturated rings. The van der Waals surface area contributed by atoms with E-state index in [9.17, 15) is 23.4 Å². The van der Waals surface area contributed by atoms with E-state index in [-0.39, 0.29) is 30.4 Å². The van der Waals surface area contributed by atoms with Gasteiger partial charge in [-0.25, -0.2) is 8.42 Å². The van der Waals surface area contributed by atoms with Crippen molar-refractivity contribution < 1.29 is 23.4 Å². The van der Waals surface area contributed by atoms with Gasteiger partial charge in [0.05, 0.1) is 23.6 Å². The van der Waals surface area contributed by atoms with Crippen molar-refractivity contribution in [1.82, 2.24) is 5.32 Å². The molecule has 2 aromatic rings. The number of rotatable bonds is 10. The summed E-state index contributed by atoms with van der Waals surface area (Å²) in [5.74, 6) is -1.02. The number of carbonyl (C=O) groups excluding carboxylic acids is 1. The van der Waals surface area contributed by atoms with Gasteiger partial charge in [-0.05, 0) is 43.2 Å². The number of hydrogen-bond donors (Lipinski definition) is 4. The third kappa shape index (κ3) is 6.45. The fraction of sp³-hybridized carbons (Fsp3) is 0.350. The predicted octanol–water partition coefficient (Wildman–Crippen LogP) is 1.36. The third-order valence-corrected chi connectivity index (χ3v) is 5.73. The van der Waals surface area contributed by atoms with Gasteiger partial charge in [-0.15, -0.1) is 0 Å². The van der Waals surface area contributed by atoms with Gasteiger partial charge < -0.3 is 21.3 Å². The summed E-state index contributed by atoms with van der Waals surface area (Å²) < 4.78 is 25.6. The lowest BCUT2D eigenvalue weighted by molar-refractivity contribution is 0.0997. The Labute approximate surface area is 171 Å². The standard InChI is InChI=1S/C20H27N3O5S/c1-14(10-11-23(29(2,27)28)16-6-4-3-5-7-16)22-13-19(25)15-8-9-18(24)17(12-15)20(21)26/h3-9,12,14,19,22,24-25H,10-11,13H2,1-2H3,(H2,21,26). The van der Waals surface area contributed by atoms with Crippen LogP contribution < -0.4 is 15.4 Å². The number of aromatic hydroxyl groups is 1. The van der Waals surface area contributed by atoms with Crippen LogP contribution in [0.4, 0.5) is 5.69 Å². The van der Waals surface area contributed by atoms with E-state index in [2.05, 4.69) is 5.32 Å². The highest BCUT2D eigenvalue weighted by molar-refractivity contribution is 7.92. The molecule has 29 heavy (non-hydrogen) atoms. The summed E-state index contributed by atoms with van der Waals surface area (Å²) in [4.78, 5) is 11.3. The molecule has 0 heterocycles. The molecule has 8 nitrogen and oxygen atoms in total. The van der Waals surface area contributed by atoms with Crippen molar-refractivity contribution in [3.05, 3.63) is 59.7 Å². The van der Waals surface area contributed by atoms with Gasteiger partial charge in [0.1, 0.15) is 5.75 Å². The Morgan fingerprint density at radius 2 is 1.86 bits per heavy atom. The summed E-state index contributed by atoms with van der Waals surface area (Å²) in [6.45, 7) is 2.37. The smallest absolute Gasteiger partial charge is 0.252 e. The second-order valence-corrected chi connectivity index (χ2v) is 8.83. The first kappa shape index (κ1) is 22.7. The van der Waals surface area contributed by atoms with E-state index >= 15 is 0 Å². The zero-order chi connectivity index (χ0) is 21.6. The minimum absolute atomic E-state index is 0.0544. The number of nitrogens with zero attached hydrogens (tertiary/aromatic N) is 1. The Balaban J connectivity index is 1.94. The van der Waals surface area contributed by atoms with E-state index < -0.39 is 22.0 Å². The van der Waals surface area contributed by atoms with Crippen molar-refractivity contribution >= 4 is 21.6 Å². The number of para-hydroxylation sites is 1. The number of aliphatic hydroxyl groups is 1. The quantitative estimate of drug-likeness (QED) is 0.458. The Hall–Kier alpha value is -2.62. The van der Waals surface area contributed by atoms with E-state index in [1.807, 2.05) is 13.0 Å². The first-order valence-electron chi connectivity index (χ1n) is 9.16. The summed E-state index contributed by atoms with van der Waals surface area (Å²) in [7, 11) is -3.42. The van der Waals surface area contributed by atoms with Gasteiger partial charge in [0, 0.05) is 19.1 Å². The lowest BCUT2D eigenvalue weighted by Crippen LogP contribution is -2.37. The number of hydrogen-bond acceptors (Lipinski definition) is 6. The van der Waals surface area contributed by atoms with Crippen molar-refractivity contribution in [2.24, 2.45) is 5.73 Å². The van der Waals surface area contributed by atoms with Crippen LogP contribution in [0.3, 0.4) is 0 Å². The maximum absolute atomic E-state index is 12.1. The SMILES string of the molecule is CC(CCN(c1ccccc1)S(C)(=O)=O)NCC(O)c1ccc(O)c(C(N)=O)c1. The molecular formula is C20H27N3O5S. The van der Waals surface area contributed by atoms with Crippen molar-refractivity contribution in [3.8, 4) is 5.75 Å². The molecule has 0 aromatic heterocycles. The van der Waals surface area contributed by atoms with E-state index in [0.29, 0.717) is 17.7 Å². The van der Waals surface area contributed by atoms with E-state index in [4.69, 9.17) is 5.73 Å². The molecule has 0 aliphatic rings. The number of primary amides is 1. The average molecular weight is 422 g/mol. The van der Waals surface area contributed by atoms with Crippen LogP contribution in [0.2, 0.25) is 0 Å². The lowest BCUT2D eigenvalue weighted by atomic mass is 10.0. The van der Waals surface area contributed by atoms with Crippen LogP contribution in [-0.2, 0) is 10.0 Å². The maximum atomic E-state index is 12.1. The molecule has 2 atom stereocenters. The molecule has 5 N–H and O–H groups in total. The molecule has 0 spiro atoms. The topological polar surface area (TPSA) is 133 Å². The largest absolute Gasteiger partial charge is 0.507 e. The number of amides is 1. The average Bonchev–Trinajstić information content (AvgIpc) is 2.66. The van der Waals surface area contributed by atoms with Gasteiger partial charge in [0.15, 0.2) is 0 Å². The summed E-state index contributed by atoms with van der Waals surface area (Å²) in [6.07, 6.45) is 0.774. The van der Waals surface area contributed by atoms with Crippen LogP contribution in [0.5, 0.6) is 5.75 Å². The molecular weight excluding hydrogens is 394 g/mol. The predicted molar refractivity (Wildman–Crippen MR) is 112 cm³/mol. The fourth-order valence-corrected chi connectivity index (χ4v) is 3.82. The van der Waals surface area contributed by atoms with Crippen LogP contribution in [-0.4, -0.2) is 49.9 Å². The highest BCUT2D eigenvalue weighted by Crippen LogP contribution is 2.22. The number of nitrogens with two attached hydrogens (primary N) is 1. The molecule has 0 saturated heterocycles. The Morgan fingerprint density at radius 3 is 2.45 bits per heavy atom. The Bertz CT molecular complexity index is 934. The summed E-state index contributed by atoms with van der Waals surface area (Å²) in [5.41, 5.74) is 6.20. The van der Waals surface area contributed by atoms with Gasteiger partial charge in [0.2, 0.25) is 10.0 Å². The van der Waals surface area contributed by atoms with E-state index in [1.54, 1.807) is 24.3 Å². The lowest BCUT2D eigenvalue weighted by Gasteiger charge is -2.25. The van der Waals surface area contributed by atoms with Crippen molar-refractivity contribution in [3.63, 3.8) is 0 Å². The first-order chi connectivity index (χ1) is 13.6. The number of sulfonamides is 1. The van der Waals surface area contributed by atoms with Crippen LogP contribution in [0.15, 0.2) is 48.5 Å². The number of benzene rings is 2. The molecule has 1 amide bonds. The second kappa shape index (κ2) is 9.73. The van der Waals surface area contributed by atoms with Crippen molar-refractivity contribution in [2.45, 2.75) is 25.5 Å². The third-order valence-electron chi connectivity index (χ3n) is 4.54. The van der Waals surface area contributed by atoms with Gasteiger partial charge in [0.25, 0.3) is 5.91 Å². The minimum atomic E-state index is -3.42. The fourth-order valence-electron chi connectivity index (χ4n) is 2.88. The van der Waals surface area contributed by atoms with Crippen LogP contribution in [0.1, 0.15) is 35.4 Å². The highest BCUT2D eigenvalue weighted by atomic mass is 32.2. The van der Waals surface area contributed by atoms with E-state index in [0.717, 1.165) is 0 Å². The molecule has 0 aliphatic heterocycles. The molecule has 2 unspecified atom stereocenters. The number of carbonyl (C=O) groups is 1. The molecule has 9 heteroatoms. The van der Waals surface area contributed by atoms with Crippen LogP contribution in [0.25, 0.3) is 0 Å². The first-order valence-corrected chi connectivity index (χ1v) is 11.0. The van der Waals surface area contributed by atoms with Gasteiger partial charge in [-0.1, -0.05) is 24.3 Å². The molecule has 2 aromatic carbocycles. The number of aliphatic hydroxyl groups excluding tert-OH is 1. The minimum Gasteiger partial charge on any atom is -0.507 e. The summed E-state index contributed by atoms with van der Waals surface area (Å²) in [5, 5.41) is 23.1. The Morgan fingerprint density at radius 1 is 1.21 bits per heavy atom. The van der Waals surface area contributed by atoms with Crippen LogP contribution in [0, 0.1) is 0 Å². The molecule has 2 rings (SSSR count). The van der Waals surface area contributed by atoms with E-state index in [1.165, 1.54) is 28.8 Å². The van der Waals surface area contributed by atoms with Gasteiger partial charge >= 0.3 is 0 Å². The van der Waals surface area contributed by atoms with Crippen molar-refractivity contribution in [1.29, 1.82) is 0 Å². The van der Waals surface area contributed by atoms with Crippen LogP contribution >= 0.6 is 0 Å². The summed E-state index contributed by atoms with van der Waals surface area (Å²) >= 11 is 0. The number of nitrogens with one attached hydrogen (secondary N) is 1. The highest BCUT2D eigenvalue weighted by Gasteiger charge is 2.19. The molecule has 0 saturated carbocycles. The molecule has 0 aliphatic carbocycles. The second-order valence-electron chi connectivity index (χ2n) is 6.93. The van der Waals surface area contributed by atoms with Gasteiger partial charge in [-0.2, -0.15) is 0 Å². The molecule has 0 bridgehead atoms. The summed E-state index contributed by atoms with van der Waals surface area (Å²) in [6, 6.07) is 13.0. The zero-order valence-electron chi connectivity index (χ0n) is 16.4.